The van der Waals surface area contributed by atoms with Gasteiger partial charge in [-0.3, -0.25) is 14.4 Å². The SMILES string of the molecule is COc1ccc2c(c1)C(=O)N(C[C@H]1CC[C@H](C(=O)N(C)OC)CC1)C2. The summed E-state index contributed by atoms with van der Waals surface area (Å²) in [5.74, 6) is 1.35. The van der Waals surface area contributed by atoms with Crippen LogP contribution < -0.4 is 4.74 Å². The molecule has 2 amide bonds. The second-order valence-electron chi connectivity index (χ2n) is 6.94. The molecule has 0 bridgehead atoms. The van der Waals surface area contributed by atoms with Gasteiger partial charge in [0.2, 0.25) is 5.91 Å². The molecule has 1 aliphatic heterocycles. The molecular formula is C19H26N2O4. The molecule has 0 aromatic heterocycles. The second kappa shape index (κ2) is 7.44. The smallest absolute Gasteiger partial charge is 0.254 e. The van der Waals surface area contributed by atoms with Gasteiger partial charge in [0.1, 0.15) is 5.75 Å². The van der Waals surface area contributed by atoms with E-state index in [0.717, 1.165) is 49.1 Å². The number of rotatable bonds is 5. The molecule has 0 atom stereocenters. The number of amides is 2. The lowest BCUT2D eigenvalue weighted by Crippen LogP contribution is -2.36. The quantitative estimate of drug-likeness (QED) is 0.769. The van der Waals surface area contributed by atoms with Crippen LogP contribution in [0.1, 0.15) is 41.6 Å². The molecule has 0 spiro atoms. The maximum Gasteiger partial charge on any atom is 0.254 e. The third-order valence-corrected chi connectivity index (χ3v) is 5.45. The summed E-state index contributed by atoms with van der Waals surface area (Å²) in [5.41, 5.74) is 1.82. The highest BCUT2D eigenvalue weighted by Gasteiger charge is 2.33. The number of hydrogen-bond donors (Lipinski definition) is 0. The highest BCUT2D eigenvalue weighted by Crippen LogP contribution is 2.33. The number of nitrogens with zero attached hydrogens (tertiary/aromatic N) is 2. The Morgan fingerprint density at radius 2 is 1.96 bits per heavy atom. The lowest BCUT2D eigenvalue weighted by atomic mass is 9.81. The molecule has 1 aromatic rings. The molecule has 1 heterocycles. The van der Waals surface area contributed by atoms with Gasteiger partial charge in [-0.2, -0.15) is 0 Å². The Morgan fingerprint density at radius 1 is 1.24 bits per heavy atom. The minimum atomic E-state index is 0.0388. The van der Waals surface area contributed by atoms with Crippen molar-refractivity contribution >= 4 is 11.8 Å². The zero-order valence-electron chi connectivity index (χ0n) is 15.2. The molecule has 1 saturated carbocycles. The van der Waals surface area contributed by atoms with E-state index in [1.54, 1.807) is 14.2 Å². The predicted molar refractivity (Wildman–Crippen MR) is 93.0 cm³/mol. The Kier molecular flexibility index (Phi) is 5.27. The summed E-state index contributed by atoms with van der Waals surface area (Å²) in [6, 6.07) is 5.70. The Hall–Kier alpha value is -2.08. The fourth-order valence-electron chi connectivity index (χ4n) is 3.87. The molecule has 1 aliphatic carbocycles. The number of carbonyl (C=O) groups is 2. The molecule has 0 unspecified atom stereocenters. The first-order chi connectivity index (χ1) is 12.0. The monoisotopic (exact) mass is 346 g/mol. The summed E-state index contributed by atoms with van der Waals surface area (Å²) < 4.78 is 5.22. The van der Waals surface area contributed by atoms with Gasteiger partial charge in [0.25, 0.3) is 5.91 Å². The lowest BCUT2D eigenvalue weighted by molar-refractivity contribution is -0.174. The molecule has 0 radical (unpaired) electrons. The average molecular weight is 346 g/mol. The summed E-state index contributed by atoms with van der Waals surface area (Å²) in [7, 11) is 4.78. The molecule has 3 rings (SSSR count). The van der Waals surface area contributed by atoms with Gasteiger partial charge in [0.15, 0.2) is 0 Å². The molecule has 25 heavy (non-hydrogen) atoms. The van der Waals surface area contributed by atoms with E-state index in [0.29, 0.717) is 12.5 Å². The van der Waals surface area contributed by atoms with Crippen LogP contribution in [-0.2, 0) is 16.2 Å². The average Bonchev–Trinajstić information content (AvgIpc) is 2.96. The number of methoxy groups -OCH3 is 1. The van der Waals surface area contributed by atoms with Crippen LogP contribution in [0, 0.1) is 11.8 Å². The molecular weight excluding hydrogens is 320 g/mol. The number of fused-ring (bicyclic) bond motifs is 1. The lowest BCUT2D eigenvalue weighted by Gasteiger charge is -2.31. The Bertz CT molecular complexity index is 653. The first-order valence-electron chi connectivity index (χ1n) is 8.81. The van der Waals surface area contributed by atoms with Crippen LogP contribution in [0.4, 0.5) is 0 Å². The molecule has 6 nitrogen and oxygen atoms in total. The van der Waals surface area contributed by atoms with E-state index in [-0.39, 0.29) is 17.7 Å². The van der Waals surface area contributed by atoms with Crippen LogP contribution >= 0.6 is 0 Å². The normalized spacial score (nSPS) is 22.7. The molecule has 2 aliphatic rings. The molecule has 1 aromatic carbocycles. The summed E-state index contributed by atoms with van der Waals surface area (Å²) in [4.78, 5) is 31.7. The number of hydrogen-bond acceptors (Lipinski definition) is 4. The van der Waals surface area contributed by atoms with E-state index in [2.05, 4.69) is 0 Å². The third kappa shape index (κ3) is 3.63. The third-order valence-electron chi connectivity index (χ3n) is 5.45. The van der Waals surface area contributed by atoms with Crippen molar-refractivity contribution < 1.29 is 19.2 Å². The van der Waals surface area contributed by atoms with Crippen LogP contribution in [-0.4, -0.2) is 49.6 Å². The Labute approximate surface area is 148 Å². The van der Waals surface area contributed by atoms with Crippen molar-refractivity contribution in [1.29, 1.82) is 0 Å². The van der Waals surface area contributed by atoms with Crippen LogP contribution in [0.15, 0.2) is 18.2 Å². The van der Waals surface area contributed by atoms with Crippen LogP contribution in [0.5, 0.6) is 5.75 Å². The minimum absolute atomic E-state index is 0.0388. The van der Waals surface area contributed by atoms with Gasteiger partial charge >= 0.3 is 0 Å². The second-order valence-corrected chi connectivity index (χ2v) is 6.94. The van der Waals surface area contributed by atoms with Crippen LogP contribution in [0.2, 0.25) is 0 Å². The molecule has 6 heteroatoms. The Morgan fingerprint density at radius 3 is 2.60 bits per heavy atom. The highest BCUT2D eigenvalue weighted by atomic mass is 16.7. The number of benzene rings is 1. The number of ether oxygens (including phenoxy) is 1. The van der Waals surface area contributed by atoms with Crippen molar-refractivity contribution in [2.24, 2.45) is 11.8 Å². The molecule has 1 fully saturated rings. The number of hydroxylamine groups is 2. The van der Waals surface area contributed by atoms with Crippen molar-refractivity contribution in [2.75, 3.05) is 27.8 Å². The summed E-state index contributed by atoms with van der Waals surface area (Å²) in [6.45, 7) is 1.43. The van der Waals surface area contributed by atoms with Gasteiger partial charge in [-0.25, -0.2) is 5.06 Å². The summed E-state index contributed by atoms with van der Waals surface area (Å²) >= 11 is 0. The van der Waals surface area contributed by atoms with E-state index >= 15 is 0 Å². The topological polar surface area (TPSA) is 59.1 Å². The van der Waals surface area contributed by atoms with Crippen molar-refractivity contribution in [1.82, 2.24) is 9.96 Å². The van der Waals surface area contributed by atoms with Gasteiger partial charge < -0.3 is 9.64 Å². The largest absolute Gasteiger partial charge is 0.497 e. The van der Waals surface area contributed by atoms with E-state index in [4.69, 9.17) is 9.57 Å². The maximum absolute atomic E-state index is 12.6. The standard InChI is InChI=1S/C19H26N2O4/c1-20(25-3)18(22)14-6-4-13(5-7-14)11-21-12-15-8-9-16(24-2)10-17(15)19(21)23/h8-10,13-14H,4-7,11-12H2,1-3H3/t13-,14-. The van der Waals surface area contributed by atoms with Gasteiger partial charge in [-0.15, -0.1) is 0 Å². The predicted octanol–water partition coefficient (Wildman–Crippen LogP) is 2.48. The first kappa shape index (κ1) is 17.7. The zero-order valence-corrected chi connectivity index (χ0v) is 15.2. The molecule has 136 valence electrons. The van der Waals surface area contributed by atoms with Crippen molar-refractivity contribution in [3.8, 4) is 5.75 Å². The highest BCUT2D eigenvalue weighted by molar-refractivity contribution is 5.98. The zero-order chi connectivity index (χ0) is 18.0. The van der Waals surface area contributed by atoms with Crippen LogP contribution in [0.3, 0.4) is 0 Å². The number of carbonyl (C=O) groups excluding carboxylic acids is 2. The van der Waals surface area contributed by atoms with Crippen molar-refractivity contribution in [2.45, 2.75) is 32.2 Å². The summed E-state index contributed by atoms with van der Waals surface area (Å²) in [6.07, 6.45) is 3.66. The Balaban J connectivity index is 1.55. The fourth-order valence-corrected chi connectivity index (χ4v) is 3.87. The van der Waals surface area contributed by atoms with E-state index in [1.807, 2.05) is 23.1 Å². The van der Waals surface area contributed by atoms with Crippen LogP contribution in [0.25, 0.3) is 0 Å². The van der Waals surface area contributed by atoms with Gasteiger partial charge in [-0.1, -0.05) is 6.07 Å². The molecule has 0 saturated heterocycles. The van der Waals surface area contributed by atoms with Crippen molar-refractivity contribution in [3.63, 3.8) is 0 Å². The summed E-state index contributed by atoms with van der Waals surface area (Å²) in [5, 5.41) is 1.32. The van der Waals surface area contributed by atoms with E-state index in [9.17, 15) is 9.59 Å². The van der Waals surface area contributed by atoms with E-state index < -0.39 is 0 Å². The fraction of sp³-hybridized carbons (Fsp3) is 0.579. The van der Waals surface area contributed by atoms with Gasteiger partial charge in [0.05, 0.1) is 14.2 Å². The van der Waals surface area contributed by atoms with Gasteiger partial charge in [-0.05, 0) is 49.3 Å². The maximum atomic E-state index is 12.6. The first-order valence-corrected chi connectivity index (χ1v) is 8.81. The minimum Gasteiger partial charge on any atom is -0.497 e. The molecule has 0 N–H and O–H groups in total. The van der Waals surface area contributed by atoms with Gasteiger partial charge in [0, 0.05) is 31.6 Å². The van der Waals surface area contributed by atoms with Crippen molar-refractivity contribution in [3.05, 3.63) is 29.3 Å². The van der Waals surface area contributed by atoms with E-state index in [1.165, 1.54) is 12.2 Å².